The summed E-state index contributed by atoms with van der Waals surface area (Å²) in [5.74, 6) is 0.292. The quantitative estimate of drug-likeness (QED) is 0.585. The summed E-state index contributed by atoms with van der Waals surface area (Å²) in [7, 11) is 0. The predicted octanol–water partition coefficient (Wildman–Crippen LogP) is 5.90. The Bertz CT molecular complexity index is 1030. The molecule has 2 aliphatic rings. The lowest BCUT2D eigenvalue weighted by atomic mass is 9.75. The predicted molar refractivity (Wildman–Crippen MR) is 134 cm³/mol. The molecule has 2 saturated heterocycles. The first-order valence-corrected chi connectivity index (χ1v) is 12.8. The van der Waals surface area contributed by atoms with Crippen molar-refractivity contribution in [1.82, 2.24) is 20.0 Å². The molecule has 0 saturated carbocycles. The third kappa shape index (κ3) is 5.18. The Labute approximate surface area is 208 Å². The van der Waals surface area contributed by atoms with Crippen LogP contribution >= 0.6 is 11.6 Å². The van der Waals surface area contributed by atoms with Gasteiger partial charge in [0.25, 0.3) is 0 Å². The van der Waals surface area contributed by atoms with Crippen molar-refractivity contribution >= 4 is 17.5 Å². The van der Waals surface area contributed by atoms with E-state index in [9.17, 15) is 9.18 Å². The fourth-order valence-electron chi connectivity index (χ4n) is 5.38. The van der Waals surface area contributed by atoms with Crippen LogP contribution in [0.4, 0.5) is 4.39 Å². The second kappa shape index (κ2) is 9.27. The molecule has 0 unspecified atom stereocenters. The molecule has 2 aliphatic heterocycles. The van der Waals surface area contributed by atoms with E-state index in [1.807, 2.05) is 27.9 Å². The summed E-state index contributed by atoms with van der Waals surface area (Å²) in [5, 5.41) is 8.49. The molecule has 4 rings (SSSR count). The van der Waals surface area contributed by atoms with E-state index in [1.54, 1.807) is 6.07 Å². The highest BCUT2D eigenvalue weighted by molar-refractivity contribution is 6.30. The lowest BCUT2D eigenvalue weighted by Crippen LogP contribution is -2.48. The maximum absolute atomic E-state index is 14.3. The van der Waals surface area contributed by atoms with Gasteiger partial charge < -0.3 is 4.90 Å². The summed E-state index contributed by atoms with van der Waals surface area (Å²) in [6.07, 6.45) is 4.69. The van der Waals surface area contributed by atoms with Crippen LogP contribution in [0.3, 0.4) is 0 Å². The molecule has 7 heteroatoms. The van der Waals surface area contributed by atoms with E-state index in [0.717, 1.165) is 37.2 Å². The molecule has 186 valence electrons. The molecule has 2 fully saturated rings. The Morgan fingerprint density at radius 2 is 1.79 bits per heavy atom. The first-order valence-electron chi connectivity index (χ1n) is 12.4. The number of nitrogens with one attached hydrogen (secondary N) is 1. The average Bonchev–Trinajstić information content (AvgIpc) is 3.42. The third-order valence-corrected chi connectivity index (χ3v) is 7.89. The van der Waals surface area contributed by atoms with E-state index in [2.05, 4.69) is 46.9 Å². The van der Waals surface area contributed by atoms with E-state index >= 15 is 0 Å². The number of carbonyl (C=O) groups is 1. The minimum absolute atomic E-state index is 0.0368. The van der Waals surface area contributed by atoms with Crippen LogP contribution < -0.4 is 5.32 Å². The van der Waals surface area contributed by atoms with Gasteiger partial charge in [-0.05, 0) is 75.1 Å². The number of halogens is 2. The Hall–Kier alpha value is -1.92. The Balaban J connectivity index is 1.57. The van der Waals surface area contributed by atoms with E-state index < -0.39 is 5.82 Å². The normalized spacial score (nSPS) is 24.6. The largest absolute Gasteiger partial charge is 0.341 e. The number of nitrogens with zero attached hydrogens (tertiary/aromatic N) is 3. The van der Waals surface area contributed by atoms with E-state index in [-0.39, 0.29) is 39.9 Å². The summed E-state index contributed by atoms with van der Waals surface area (Å²) in [4.78, 5) is 15.5. The van der Waals surface area contributed by atoms with Crippen molar-refractivity contribution in [3.63, 3.8) is 0 Å². The number of piperidine rings is 1. The molecule has 0 spiro atoms. The van der Waals surface area contributed by atoms with Gasteiger partial charge in [-0.3, -0.25) is 14.8 Å². The molecule has 0 bridgehead atoms. The van der Waals surface area contributed by atoms with Crippen LogP contribution in [0, 0.1) is 17.2 Å². The maximum Gasteiger partial charge on any atom is 0.239 e. The Morgan fingerprint density at radius 1 is 1.12 bits per heavy atom. The van der Waals surface area contributed by atoms with Gasteiger partial charge in [-0.25, -0.2) is 4.39 Å². The molecule has 1 amide bonds. The van der Waals surface area contributed by atoms with Gasteiger partial charge in [0, 0.05) is 31.2 Å². The maximum atomic E-state index is 14.3. The summed E-state index contributed by atoms with van der Waals surface area (Å²) >= 11 is 5.95. The number of hydrogen-bond donors (Lipinski definition) is 1. The first-order chi connectivity index (χ1) is 15.8. The highest BCUT2D eigenvalue weighted by Gasteiger charge is 2.42. The van der Waals surface area contributed by atoms with Gasteiger partial charge in [0.15, 0.2) is 0 Å². The van der Waals surface area contributed by atoms with Crippen LogP contribution in [0.5, 0.6) is 0 Å². The van der Waals surface area contributed by atoms with Crippen LogP contribution in [0.1, 0.15) is 84.0 Å². The average molecular weight is 489 g/mol. The number of amides is 1. The first kappa shape index (κ1) is 25.2. The van der Waals surface area contributed by atoms with Crippen LogP contribution in [0.25, 0.3) is 0 Å². The highest BCUT2D eigenvalue weighted by Crippen LogP contribution is 2.42. The zero-order valence-corrected chi connectivity index (χ0v) is 22.0. The van der Waals surface area contributed by atoms with E-state index in [0.29, 0.717) is 12.3 Å². The fraction of sp³-hybridized carbons (Fsp3) is 0.630. The van der Waals surface area contributed by atoms with Crippen LogP contribution in [-0.4, -0.2) is 39.7 Å². The molecule has 0 aliphatic carbocycles. The standard InChI is InChI=1S/C27H38ClFN4O/c1-26(2,3)18-9-12-32(13-10-18)25(34)23-16-19(22-11-14-33(31-22)27(4,5)6)24(30-23)17-7-8-20(28)21(29)15-17/h7-8,11,14-15,18-19,23-24,30H,9-10,12-13,16H2,1-6H3/t19-,23+,24+/m1/s1. The lowest BCUT2D eigenvalue weighted by Gasteiger charge is -2.39. The monoisotopic (exact) mass is 488 g/mol. The smallest absolute Gasteiger partial charge is 0.239 e. The topological polar surface area (TPSA) is 50.2 Å². The SMILES string of the molecule is CC(C)(C)C1CCN(C(=O)[C@@H]2C[C@H](c3ccn(C(C)(C)C)n3)[C@H](c3ccc(Cl)c(F)c3)N2)CC1. The van der Waals surface area contributed by atoms with Crippen LogP contribution in [0.2, 0.25) is 5.02 Å². The summed E-state index contributed by atoms with van der Waals surface area (Å²) in [5.41, 5.74) is 1.84. The molecule has 0 radical (unpaired) electrons. The molecule has 3 heterocycles. The number of carbonyl (C=O) groups excluding carboxylic acids is 1. The minimum Gasteiger partial charge on any atom is -0.341 e. The van der Waals surface area contributed by atoms with Crippen LogP contribution in [0.15, 0.2) is 30.5 Å². The zero-order valence-electron chi connectivity index (χ0n) is 21.2. The van der Waals surface area contributed by atoms with Crippen molar-refractivity contribution in [2.24, 2.45) is 11.3 Å². The highest BCUT2D eigenvalue weighted by atomic mass is 35.5. The zero-order chi connectivity index (χ0) is 24.8. The number of likely N-dealkylation sites (tertiary alicyclic amines) is 1. The summed E-state index contributed by atoms with van der Waals surface area (Å²) in [6, 6.07) is 6.41. The van der Waals surface area contributed by atoms with E-state index in [4.69, 9.17) is 16.7 Å². The van der Waals surface area contributed by atoms with Gasteiger partial charge >= 0.3 is 0 Å². The minimum atomic E-state index is -0.445. The second-order valence-electron chi connectivity index (χ2n) is 12.0. The molecule has 1 aromatic heterocycles. The molecule has 1 aromatic carbocycles. The number of benzene rings is 1. The van der Waals surface area contributed by atoms with Gasteiger partial charge in [0.2, 0.25) is 5.91 Å². The van der Waals surface area contributed by atoms with Gasteiger partial charge in [0.05, 0.1) is 22.3 Å². The van der Waals surface area contributed by atoms with Gasteiger partial charge in [-0.2, -0.15) is 5.10 Å². The van der Waals surface area contributed by atoms with Crippen molar-refractivity contribution in [3.8, 4) is 0 Å². The summed E-state index contributed by atoms with van der Waals surface area (Å²) in [6.45, 7) is 14.8. The van der Waals surface area contributed by atoms with Crippen molar-refractivity contribution in [1.29, 1.82) is 0 Å². The molecular weight excluding hydrogens is 451 g/mol. The number of aromatic nitrogens is 2. The Morgan fingerprint density at radius 3 is 2.35 bits per heavy atom. The van der Waals surface area contributed by atoms with Crippen molar-refractivity contribution in [3.05, 3.63) is 52.6 Å². The van der Waals surface area contributed by atoms with Crippen LogP contribution in [-0.2, 0) is 10.3 Å². The third-order valence-electron chi connectivity index (χ3n) is 7.58. The van der Waals surface area contributed by atoms with Crippen molar-refractivity contribution in [2.75, 3.05) is 13.1 Å². The van der Waals surface area contributed by atoms with Gasteiger partial charge in [-0.1, -0.05) is 38.4 Å². The Kier molecular flexibility index (Phi) is 6.87. The lowest BCUT2D eigenvalue weighted by molar-refractivity contribution is -0.135. The number of hydrogen-bond acceptors (Lipinski definition) is 3. The van der Waals surface area contributed by atoms with Crippen molar-refractivity contribution in [2.45, 2.75) is 84.3 Å². The van der Waals surface area contributed by atoms with Gasteiger partial charge in [0.1, 0.15) is 5.82 Å². The molecular formula is C27H38ClFN4O. The molecule has 34 heavy (non-hydrogen) atoms. The number of rotatable bonds is 3. The van der Waals surface area contributed by atoms with E-state index in [1.165, 1.54) is 6.07 Å². The fourth-order valence-corrected chi connectivity index (χ4v) is 5.50. The summed E-state index contributed by atoms with van der Waals surface area (Å²) < 4.78 is 16.3. The molecule has 5 nitrogen and oxygen atoms in total. The van der Waals surface area contributed by atoms with Gasteiger partial charge in [-0.15, -0.1) is 0 Å². The second-order valence-corrected chi connectivity index (χ2v) is 12.4. The molecule has 2 aromatic rings. The molecule has 3 atom stereocenters. The molecule has 1 N–H and O–H groups in total. The van der Waals surface area contributed by atoms with Crippen molar-refractivity contribution < 1.29 is 9.18 Å².